The van der Waals surface area contributed by atoms with Crippen molar-refractivity contribution in [1.29, 1.82) is 0 Å². The Morgan fingerprint density at radius 2 is 1.94 bits per heavy atom. The quantitative estimate of drug-likeness (QED) is 0.379. The molecule has 2 amide bonds. The van der Waals surface area contributed by atoms with Gasteiger partial charge in [0.05, 0.1) is 12.2 Å². The van der Waals surface area contributed by atoms with Crippen LogP contribution in [0.4, 0.5) is 10.9 Å². The Morgan fingerprint density at radius 3 is 2.74 bits per heavy atom. The number of hydrogen-bond donors (Lipinski definition) is 1. The number of anilines is 2. The standard InChI is InChI=1S/C21H21N7O4S2/c1-13-10-17(26-31-13)22-18(29)12-33-21-24-23-20(34-21)28-8-6-27(7-9-28)19(30)11-15-14-4-2-3-5-16(14)32-25-15/h2-5,10H,6-9,11-12H2,1H3,(H,22,26,29). The van der Waals surface area contributed by atoms with E-state index in [4.69, 9.17) is 9.05 Å². The fourth-order valence-corrected chi connectivity index (χ4v) is 5.28. The van der Waals surface area contributed by atoms with Crippen molar-refractivity contribution in [2.45, 2.75) is 17.7 Å². The molecule has 3 aromatic heterocycles. The van der Waals surface area contributed by atoms with Gasteiger partial charge in [0.25, 0.3) is 0 Å². The number of nitrogens with zero attached hydrogens (tertiary/aromatic N) is 6. The minimum Gasteiger partial charge on any atom is -0.360 e. The molecule has 1 N–H and O–H groups in total. The molecule has 0 radical (unpaired) electrons. The van der Waals surface area contributed by atoms with Crippen molar-refractivity contribution in [2.24, 2.45) is 0 Å². The highest BCUT2D eigenvalue weighted by molar-refractivity contribution is 8.01. The first-order chi connectivity index (χ1) is 16.5. The molecule has 0 unspecified atom stereocenters. The molecule has 1 aromatic carbocycles. The molecule has 1 aliphatic heterocycles. The number of hydrogen-bond acceptors (Lipinski definition) is 11. The van der Waals surface area contributed by atoms with Gasteiger partial charge in [0, 0.05) is 37.6 Å². The summed E-state index contributed by atoms with van der Waals surface area (Å²) in [4.78, 5) is 28.8. The van der Waals surface area contributed by atoms with Crippen molar-refractivity contribution in [1.82, 2.24) is 25.4 Å². The molecule has 0 aliphatic carbocycles. The van der Waals surface area contributed by atoms with Crippen molar-refractivity contribution in [3.05, 3.63) is 41.8 Å². The van der Waals surface area contributed by atoms with Crippen LogP contribution in [0.15, 0.2) is 43.7 Å². The fraction of sp³-hybridized carbons (Fsp3) is 0.333. The van der Waals surface area contributed by atoms with Gasteiger partial charge >= 0.3 is 0 Å². The molecule has 1 aliphatic rings. The summed E-state index contributed by atoms with van der Waals surface area (Å²) in [6.45, 7) is 4.27. The lowest BCUT2D eigenvalue weighted by Gasteiger charge is -2.34. The minimum absolute atomic E-state index is 0.0283. The molecule has 4 heterocycles. The zero-order chi connectivity index (χ0) is 23.5. The van der Waals surface area contributed by atoms with Gasteiger partial charge in [0.1, 0.15) is 11.5 Å². The number of aromatic nitrogens is 4. The molecular formula is C21H21N7O4S2. The van der Waals surface area contributed by atoms with Crippen LogP contribution in [-0.4, -0.2) is 69.2 Å². The van der Waals surface area contributed by atoms with Gasteiger partial charge < -0.3 is 24.2 Å². The number of amides is 2. The number of carbonyl (C=O) groups is 2. The van der Waals surface area contributed by atoms with Gasteiger partial charge in [-0.25, -0.2) is 0 Å². The summed E-state index contributed by atoms with van der Waals surface area (Å²) in [7, 11) is 0. The van der Waals surface area contributed by atoms with E-state index in [2.05, 4.69) is 30.7 Å². The van der Waals surface area contributed by atoms with Crippen LogP contribution in [0.3, 0.4) is 0 Å². The zero-order valence-electron chi connectivity index (χ0n) is 18.3. The van der Waals surface area contributed by atoms with E-state index in [1.54, 1.807) is 13.0 Å². The molecule has 0 saturated carbocycles. The Morgan fingerprint density at radius 1 is 1.12 bits per heavy atom. The summed E-state index contributed by atoms with van der Waals surface area (Å²) in [6.07, 6.45) is 0.215. The normalized spacial score (nSPS) is 14.0. The maximum absolute atomic E-state index is 12.8. The van der Waals surface area contributed by atoms with E-state index in [1.807, 2.05) is 29.2 Å². The smallest absolute Gasteiger partial charge is 0.236 e. The lowest BCUT2D eigenvalue weighted by molar-refractivity contribution is -0.130. The number of benzene rings is 1. The first kappa shape index (κ1) is 22.3. The van der Waals surface area contributed by atoms with E-state index in [-0.39, 0.29) is 24.0 Å². The summed E-state index contributed by atoms with van der Waals surface area (Å²) in [5.41, 5.74) is 1.35. The average Bonchev–Trinajstić information content (AvgIpc) is 3.58. The van der Waals surface area contributed by atoms with E-state index >= 15 is 0 Å². The second-order valence-electron chi connectivity index (χ2n) is 7.68. The van der Waals surface area contributed by atoms with E-state index in [0.29, 0.717) is 53.4 Å². The van der Waals surface area contributed by atoms with Crippen molar-refractivity contribution in [2.75, 3.05) is 42.1 Å². The molecule has 0 spiro atoms. The molecule has 4 aromatic rings. The number of piperazine rings is 1. The predicted octanol–water partition coefficient (Wildman–Crippen LogP) is 2.60. The predicted molar refractivity (Wildman–Crippen MR) is 127 cm³/mol. The van der Waals surface area contributed by atoms with E-state index in [9.17, 15) is 9.59 Å². The molecule has 5 rings (SSSR count). The van der Waals surface area contributed by atoms with Gasteiger partial charge in [-0.1, -0.05) is 45.5 Å². The number of rotatable bonds is 7. The fourth-order valence-electron chi connectivity index (χ4n) is 3.59. The van der Waals surface area contributed by atoms with Crippen LogP contribution in [0.2, 0.25) is 0 Å². The Labute approximate surface area is 202 Å². The van der Waals surface area contributed by atoms with Crippen LogP contribution in [0.1, 0.15) is 11.5 Å². The van der Waals surface area contributed by atoms with E-state index in [0.717, 1.165) is 10.5 Å². The Balaban J connectivity index is 1.10. The van der Waals surface area contributed by atoms with Gasteiger partial charge in [-0.2, -0.15) is 0 Å². The summed E-state index contributed by atoms with van der Waals surface area (Å²) >= 11 is 2.75. The highest BCUT2D eigenvalue weighted by Crippen LogP contribution is 2.29. The number of fused-ring (bicyclic) bond motifs is 1. The lowest BCUT2D eigenvalue weighted by atomic mass is 10.1. The second-order valence-corrected chi connectivity index (χ2v) is 9.86. The Hall–Kier alpha value is -3.45. The summed E-state index contributed by atoms with van der Waals surface area (Å²) < 4.78 is 10.9. The average molecular weight is 500 g/mol. The number of para-hydroxylation sites is 1. The molecule has 34 heavy (non-hydrogen) atoms. The SMILES string of the molecule is Cc1cc(NC(=O)CSc2nnc(N3CCN(C(=O)Cc4noc5ccccc45)CC3)s2)no1. The van der Waals surface area contributed by atoms with E-state index < -0.39 is 0 Å². The monoisotopic (exact) mass is 499 g/mol. The molecule has 176 valence electrons. The van der Waals surface area contributed by atoms with Crippen molar-refractivity contribution >= 4 is 56.8 Å². The molecule has 0 bridgehead atoms. The highest BCUT2D eigenvalue weighted by atomic mass is 32.2. The Kier molecular flexibility index (Phi) is 6.45. The number of aryl methyl sites for hydroxylation is 1. The van der Waals surface area contributed by atoms with Crippen LogP contribution >= 0.6 is 23.1 Å². The zero-order valence-corrected chi connectivity index (χ0v) is 19.9. The lowest BCUT2D eigenvalue weighted by Crippen LogP contribution is -2.49. The van der Waals surface area contributed by atoms with Crippen molar-refractivity contribution < 1.29 is 18.6 Å². The number of carbonyl (C=O) groups excluding carboxylic acids is 2. The maximum Gasteiger partial charge on any atom is 0.236 e. The third-order valence-electron chi connectivity index (χ3n) is 5.29. The summed E-state index contributed by atoms with van der Waals surface area (Å²) in [5, 5.41) is 20.6. The maximum atomic E-state index is 12.8. The largest absolute Gasteiger partial charge is 0.360 e. The van der Waals surface area contributed by atoms with Crippen molar-refractivity contribution in [3.63, 3.8) is 0 Å². The van der Waals surface area contributed by atoms with Gasteiger partial charge in [-0.3, -0.25) is 9.59 Å². The van der Waals surface area contributed by atoms with Gasteiger partial charge in [0.2, 0.25) is 16.9 Å². The van der Waals surface area contributed by atoms with Crippen LogP contribution in [-0.2, 0) is 16.0 Å². The topological polar surface area (TPSA) is 130 Å². The molecule has 0 atom stereocenters. The molecule has 1 fully saturated rings. The number of thioether (sulfide) groups is 1. The van der Waals surface area contributed by atoms with Crippen LogP contribution < -0.4 is 10.2 Å². The minimum atomic E-state index is -0.193. The van der Waals surface area contributed by atoms with Crippen LogP contribution in [0, 0.1) is 6.92 Å². The van der Waals surface area contributed by atoms with Gasteiger partial charge in [-0.05, 0) is 19.1 Å². The molecule has 13 heteroatoms. The molecule has 1 saturated heterocycles. The molecular weight excluding hydrogens is 478 g/mol. The summed E-state index contributed by atoms with van der Waals surface area (Å²) in [6, 6.07) is 9.20. The van der Waals surface area contributed by atoms with Crippen LogP contribution in [0.5, 0.6) is 0 Å². The molecule has 11 nitrogen and oxygen atoms in total. The number of nitrogens with one attached hydrogen (secondary N) is 1. The third-order valence-corrected chi connectivity index (χ3v) is 7.41. The Bertz CT molecular complexity index is 1310. The summed E-state index contributed by atoms with van der Waals surface area (Å²) in [5.74, 6) is 1.05. The first-order valence-corrected chi connectivity index (χ1v) is 12.4. The van der Waals surface area contributed by atoms with Gasteiger partial charge in [-0.15, -0.1) is 10.2 Å². The van der Waals surface area contributed by atoms with Gasteiger partial charge in [0.15, 0.2) is 15.7 Å². The second kappa shape index (κ2) is 9.81. The van der Waals surface area contributed by atoms with E-state index in [1.165, 1.54) is 23.1 Å². The van der Waals surface area contributed by atoms with Crippen molar-refractivity contribution in [3.8, 4) is 0 Å². The highest BCUT2D eigenvalue weighted by Gasteiger charge is 2.25. The van der Waals surface area contributed by atoms with Crippen LogP contribution in [0.25, 0.3) is 11.0 Å². The first-order valence-electron chi connectivity index (χ1n) is 10.6. The third kappa shape index (κ3) is 5.04.